The van der Waals surface area contributed by atoms with Crippen LogP contribution in [0.2, 0.25) is 0 Å². The number of aryl methyl sites for hydroxylation is 2. The second-order valence-electron chi connectivity index (χ2n) is 3.56. The van der Waals surface area contributed by atoms with Gasteiger partial charge in [0.1, 0.15) is 0 Å². The van der Waals surface area contributed by atoms with Crippen LogP contribution in [0.25, 0.3) is 0 Å². The molecule has 0 saturated carbocycles. The minimum absolute atomic E-state index is 1.03. The summed E-state index contributed by atoms with van der Waals surface area (Å²) in [6, 6.07) is 4.36. The molecule has 0 aliphatic heterocycles. The fourth-order valence-corrected chi connectivity index (χ4v) is 2.88. The highest BCUT2D eigenvalue weighted by Gasteiger charge is 2.03. The van der Waals surface area contributed by atoms with E-state index in [2.05, 4.69) is 54.2 Å². The van der Waals surface area contributed by atoms with E-state index in [1.165, 1.54) is 27.0 Å². The van der Waals surface area contributed by atoms with Crippen molar-refractivity contribution in [1.29, 1.82) is 0 Å². The molecule has 15 heavy (non-hydrogen) atoms. The number of thioether (sulfide) groups is 1. The highest BCUT2D eigenvalue weighted by atomic mass is 79.9. The molecule has 1 aromatic rings. The molecule has 0 amide bonds. The van der Waals surface area contributed by atoms with Gasteiger partial charge in [-0.05, 0) is 52.7 Å². The van der Waals surface area contributed by atoms with Crippen LogP contribution in [-0.2, 0) is 0 Å². The number of halogens is 1. The molecule has 1 rings (SSSR count). The van der Waals surface area contributed by atoms with Gasteiger partial charge in [0.25, 0.3) is 0 Å². The van der Waals surface area contributed by atoms with Crippen molar-refractivity contribution >= 4 is 33.4 Å². The van der Waals surface area contributed by atoms with Crippen molar-refractivity contribution < 1.29 is 0 Å². The van der Waals surface area contributed by atoms with Gasteiger partial charge in [0.05, 0.1) is 5.69 Å². The first kappa shape index (κ1) is 12.9. The Morgan fingerprint density at radius 1 is 1.33 bits per heavy atom. The third-order valence-corrected chi connectivity index (χ3v) is 3.71. The topological polar surface area (TPSA) is 12.0 Å². The summed E-state index contributed by atoms with van der Waals surface area (Å²) in [5, 5.41) is 3.48. The van der Waals surface area contributed by atoms with Crippen LogP contribution in [-0.4, -0.2) is 18.1 Å². The van der Waals surface area contributed by atoms with Gasteiger partial charge in [-0.25, -0.2) is 0 Å². The van der Waals surface area contributed by atoms with Crippen LogP contribution in [0.1, 0.15) is 18.1 Å². The Morgan fingerprint density at radius 2 is 2.07 bits per heavy atom. The van der Waals surface area contributed by atoms with E-state index in [-0.39, 0.29) is 0 Å². The van der Waals surface area contributed by atoms with Crippen molar-refractivity contribution in [3.8, 4) is 0 Å². The Labute approximate surface area is 105 Å². The first-order valence-corrected chi connectivity index (χ1v) is 7.18. The smallest absolute Gasteiger partial charge is 0.0514 e. The van der Waals surface area contributed by atoms with Crippen molar-refractivity contribution in [2.24, 2.45) is 0 Å². The molecular formula is C12H18BrNS. The van der Waals surface area contributed by atoms with E-state index in [0.717, 1.165) is 12.3 Å². The van der Waals surface area contributed by atoms with Crippen LogP contribution >= 0.6 is 27.7 Å². The molecule has 1 aromatic carbocycles. The Morgan fingerprint density at radius 3 is 2.67 bits per heavy atom. The van der Waals surface area contributed by atoms with Crippen molar-refractivity contribution in [2.75, 3.05) is 23.4 Å². The summed E-state index contributed by atoms with van der Waals surface area (Å²) in [5.74, 6) is 2.35. The largest absolute Gasteiger partial charge is 0.383 e. The molecule has 0 unspecified atom stereocenters. The third-order valence-electron chi connectivity index (χ3n) is 2.18. The zero-order valence-electron chi connectivity index (χ0n) is 9.56. The Balaban J connectivity index is 2.60. The van der Waals surface area contributed by atoms with E-state index in [9.17, 15) is 0 Å². The summed E-state index contributed by atoms with van der Waals surface area (Å²) in [4.78, 5) is 0. The SMILES string of the molecule is CCSCCNc1c(C)cc(C)cc1Br. The molecule has 0 radical (unpaired) electrons. The van der Waals surface area contributed by atoms with Gasteiger partial charge in [0, 0.05) is 16.8 Å². The van der Waals surface area contributed by atoms with E-state index in [1.807, 2.05) is 11.8 Å². The maximum Gasteiger partial charge on any atom is 0.0514 e. The first-order valence-electron chi connectivity index (χ1n) is 5.23. The standard InChI is InChI=1S/C12H18BrNS/c1-4-15-6-5-14-12-10(3)7-9(2)8-11(12)13/h7-8,14H,4-6H2,1-3H3. The number of rotatable bonds is 5. The van der Waals surface area contributed by atoms with Crippen LogP contribution in [0.5, 0.6) is 0 Å². The number of nitrogens with one attached hydrogen (secondary N) is 1. The molecule has 3 heteroatoms. The molecule has 0 aromatic heterocycles. The summed E-state index contributed by atoms with van der Waals surface area (Å²) in [5.41, 5.74) is 3.84. The van der Waals surface area contributed by atoms with Crippen molar-refractivity contribution in [3.63, 3.8) is 0 Å². The molecule has 0 aliphatic rings. The van der Waals surface area contributed by atoms with Crippen LogP contribution in [0.4, 0.5) is 5.69 Å². The van der Waals surface area contributed by atoms with Gasteiger partial charge in [-0.3, -0.25) is 0 Å². The van der Waals surface area contributed by atoms with Crippen molar-refractivity contribution in [1.82, 2.24) is 0 Å². The zero-order valence-corrected chi connectivity index (χ0v) is 12.0. The number of hydrogen-bond acceptors (Lipinski definition) is 2. The van der Waals surface area contributed by atoms with Gasteiger partial charge in [0.2, 0.25) is 0 Å². The van der Waals surface area contributed by atoms with E-state index in [4.69, 9.17) is 0 Å². The zero-order chi connectivity index (χ0) is 11.3. The van der Waals surface area contributed by atoms with Gasteiger partial charge < -0.3 is 5.32 Å². The lowest BCUT2D eigenvalue weighted by Gasteiger charge is -2.12. The Bertz CT molecular complexity index is 302. The molecule has 0 bridgehead atoms. The van der Waals surface area contributed by atoms with Crippen LogP contribution in [0, 0.1) is 13.8 Å². The van der Waals surface area contributed by atoms with Crippen molar-refractivity contribution in [2.45, 2.75) is 20.8 Å². The molecule has 0 atom stereocenters. The van der Waals surface area contributed by atoms with E-state index in [0.29, 0.717) is 0 Å². The van der Waals surface area contributed by atoms with Gasteiger partial charge in [-0.1, -0.05) is 13.0 Å². The molecule has 0 aliphatic carbocycles. The molecule has 0 heterocycles. The summed E-state index contributed by atoms with van der Waals surface area (Å²) in [7, 11) is 0. The maximum atomic E-state index is 3.60. The van der Waals surface area contributed by atoms with Crippen LogP contribution in [0.3, 0.4) is 0 Å². The highest BCUT2D eigenvalue weighted by Crippen LogP contribution is 2.27. The normalized spacial score (nSPS) is 10.4. The third kappa shape index (κ3) is 4.07. The van der Waals surface area contributed by atoms with Crippen molar-refractivity contribution in [3.05, 3.63) is 27.7 Å². The number of anilines is 1. The second-order valence-corrected chi connectivity index (χ2v) is 5.81. The fourth-order valence-electron chi connectivity index (χ4n) is 1.53. The lowest BCUT2D eigenvalue weighted by Crippen LogP contribution is -2.06. The predicted molar refractivity (Wildman–Crippen MR) is 75.1 cm³/mol. The molecule has 1 N–H and O–H groups in total. The van der Waals surface area contributed by atoms with Gasteiger partial charge >= 0.3 is 0 Å². The molecule has 1 nitrogen and oxygen atoms in total. The first-order chi connectivity index (χ1) is 7.15. The summed E-state index contributed by atoms with van der Waals surface area (Å²) in [6.07, 6.45) is 0. The number of benzene rings is 1. The van der Waals surface area contributed by atoms with E-state index >= 15 is 0 Å². The summed E-state index contributed by atoms with van der Waals surface area (Å²) >= 11 is 5.56. The average molecular weight is 288 g/mol. The van der Waals surface area contributed by atoms with Gasteiger partial charge in [-0.2, -0.15) is 11.8 Å². The minimum atomic E-state index is 1.03. The average Bonchev–Trinajstić information content (AvgIpc) is 2.15. The van der Waals surface area contributed by atoms with Crippen LogP contribution in [0.15, 0.2) is 16.6 Å². The Hall–Kier alpha value is -0.150. The maximum absolute atomic E-state index is 3.60. The van der Waals surface area contributed by atoms with Gasteiger partial charge in [-0.15, -0.1) is 0 Å². The quantitative estimate of drug-likeness (QED) is 0.814. The van der Waals surface area contributed by atoms with E-state index < -0.39 is 0 Å². The Kier molecular flexibility index (Phi) is 5.54. The summed E-state index contributed by atoms with van der Waals surface area (Å²) in [6.45, 7) is 7.49. The van der Waals surface area contributed by atoms with E-state index in [1.54, 1.807) is 0 Å². The monoisotopic (exact) mass is 287 g/mol. The van der Waals surface area contributed by atoms with Crippen LogP contribution < -0.4 is 5.32 Å². The molecule has 0 saturated heterocycles. The second kappa shape index (κ2) is 6.44. The lowest BCUT2D eigenvalue weighted by molar-refractivity contribution is 1.20. The highest BCUT2D eigenvalue weighted by molar-refractivity contribution is 9.10. The minimum Gasteiger partial charge on any atom is -0.383 e. The summed E-state index contributed by atoms with van der Waals surface area (Å²) < 4.78 is 1.17. The molecule has 0 spiro atoms. The number of hydrogen-bond donors (Lipinski definition) is 1. The lowest BCUT2D eigenvalue weighted by atomic mass is 10.1. The van der Waals surface area contributed by atoms with Gasteiger partial charge in [0.15, 0.2) is 0 Å². The predicted octanol–water partition coefficient (Wildman–Crippen LogP) is 4.23. The molecule has 0 fully saturated rings. The molecule has 84 valence electrons. The fraction of sp³-hybridized carbons (Fsp3) is 0.500. The molecular weight excluding hydrogens is 270 g/mol.